The van der Waals surface area contributed by atoms with Gasteiger partial charge in [-0.25, -0.2) is 5.84 Å². The third-order valence-corrected chi connectivity index (χ3v) is 3.76. The van der Waals surface area contributed by atoms with Crippen LogP contribution >= 0.6 is 0 Å². The summed E-state index contributed by atoms with van der Waals surface area (Å²) in [5.41, 5.74) is 8.29. The number of hydrogen-bond donors (Lipinski definition) is 2. The number of allylic oxidation sites excluding steroid dienone is 3. The van der Waals surface area contributed by atoms with E-state index in [9.17, 15) is 0 Å². The largest absolute Gasteiger partial charge is 0.394 e. The molecule has 0 aliphatic heterocycles. The first-order valence-corrected chi connectivity index (χ1v) is 6.98. The van der Waals surface area contributed by atoms with Crippen LogP contribution in [0.15, 0.2) is 54.6 Å². The van der Waals surface area contributed by atoms with Crippen LogP contribution in [0.2, 0.25) is 0 Å². The Kier molecular flexibility index (Phi) is 3.86. The zero-order valence-corrected chi connectivity index (χ0v) is 12.0. The van der Waals surface area contributed by atoms with Crippen molar-refractivity contribution in [3.63, 3.8) is 0 Å². The molecular formula is C18H18N2O. The van der Waals surface area contributed by atoms with Gasteiger partial charge in [0.05, 0.1) is 0 Å². The monoisotopic (exact) mass is 278 g/mol. The van der Waals surface area contributed by atoms with Gasteiger partial charge in [-0.05, 0) is 41.7 Å². The fourth-order valence-electron chi connectivity index (χ4n) is 2.66. The van der Waals surface area contributed by atoms with E-state index in [0.29, 0.717) is 0 Å². The van der Waals surface area contributed by atoms with Crippen molar-refractivity contribution in [3.05, 3.63) is 76.9 Å². The molecule has 0 saturated carbocycles. The van der Waals surface area contributed by atoms with E-state index >= 15 is 0 Å². The Labute approximate surface area is 124 Å². The van der Waals surface area contributed by atoms with Gasteiger partial charge in [0.15, 0.2) is 5.75 Å². The van der Waals surface area contributed by atoms with Gasteiger partial charge >= 0.3 is 0 Å². The summed E-state index contributed by atoms with van der Waals surface area (Å²) in [6.07, 6.45) is 7.35. The number of fused-ring (bicyclic) bond motifs is 1. The fraction of sp³-hybridized carbons (Fsp3) is 0.111. The third kappa shape index (κ3) is 2.75. The molecular weight excluding hydrogens is 260 g/mol. The molecule has 3 nitrogen and oxygen atoms in total. The van der Waals surface area contributed by atoms with Crippen LogP contribution in [0.5, 0.6) is 5.75 Å². The molecule has 2 aromatic carbocycles. The highest BCUT2D eigenvalue weighted by Gasteiger charge is 2.13. The summed E-state index contributed by atoms with van der Waals surface area (Å²) < 4.78 is 0. The second-order valence-corrected chi connectivity index (χ2v) is 5.06. The van der Waals surface area contributed by atoms with Gasteiger partial charge in [0, 0.05) is 5.56 Å². The summed E-state index contributed by atoms with van der Waals surface area (Å²) in [5, 5.41) is 0. The Balaban J connectivity index is 2.03. The molecule has 0 aromatic heterocycles. The number of nitrogens with one attached hydrogen (secondary N) is 1. The van der Waals surface area contributed by atoms with Crippen molar-refractivity contribution in [1.82, 2.24) is 5.59 Å². The van der Waals surface area contributed by atoms with Crippen molar-refractivity contribution >= 4 is 11.6 Å². The Bertz CT molecular complexity index is 703. The SMILES string of the molecule is Cc1ccc(ONN)c2c1C=CC(c1ccccc1)=CC2. The molecule has 0 unspecified atom stereocenters. The maximum atomic E-state index is 5.32. The van der Waals surface area contributed by atoms with Crippen LogP contribution in [-0.2, 0) is 6.42 Å². The minimum Gasteiger partial charge on any atom is -0.394 e. The molecule has 106 valence electrons. The van der Waals surface area contributed by atoms with E-state index in [4.69, 9.17) is 10.7 Å². The Morgan fingerprint density at radius 3 is 2.62 bits per heavy atom. The minimum atomic E-state index is 0.772. The molecule has 0 heterocycles. The lowest BCUT2D eigenvalue weighted by Gasteiger charge is -2.12. The second kappa shape index (κ2) is 5.95. The molecule has 0 fully saturated rings. The van der Waals surface area contributed by atoms with Crippen LogP contribution in [0.25, 0.3) is 11.6 Å². The average molecular weight is 278 g/mol. The second-order valence-electron chi connectivity index (χ2n) is 5.06. The lowest BCUT2D eigenvalue weighted by Crippen LogP contribution is -2.26. The van der Waals surface area contributed by atoms with Gasteiger partial charge in [0.25, 0.3) is 0 Å². The summed E-state index contributed by atoms with van der Waals surface area (Å²) in [7, 11) is 0. The van der Waals surface area contributed by atoms with Gasteiger partial charge in [-0.15, -0.1) is 0 Å². The highest BCUT2D eigenvalue weighted by molar-refractivity contribution is 5.82. The van der Waals surface area contributed by atoms with E-state index in [0.717, 1.165) is 17.7 Å². The summed E-state index contributed by atoms with van der Waals surface area (Å²) in [4.78, 5) is 5.32. The molecule has 3 N–H and O–H groups in total. The third-order valence-electron chi connectivity index (χ3n) is 3.76. The first kappa shape index (κ1) is 13.6. The van der Waals surface area contributed by atoms with E-state index in [-0.39, 0.29) is 0 Å². The van der Waals surface area contributed by atoms with Crippen molar-refractivity contribution < 1.29 is 4.84 Å². The standard InChI is InChI=1S/C18H18N2O/c1-13-7-12-18(21-20-19)17-11-9-15(8-10-16(13)17)14-5-3-2-4-6-14/h2-10,12,20H,11,19H2,1H3. The maximum Gasteiger partial charge on any atom is 0.153 e. The molecule has 1 aliphatic carbocycles. The lowest BCUT2D eigenvalue weighted by atomic mass is 9.99. The zero-order chi connectivity index (χ0) is 14.7. The van der Waals surface area contributed by atoms with Gasteiger partial charge < -0.3 is 4.84 Å². The zero-order valence-electron chi connectivity index (χ0n) is 12.0. The number of aryl methyl sites for hydroxylation is 1. The molecule has 21 heavy (non-hydrogen) atoms. The molecule has 0 bridgehead atoms. The van der Waals surface area contributed by atoms with Crippen molar-refractivity contribution in [3.8, 4) is 5.75 Å². The van der Waals surface area contributed by atoms with Crippen molar-refractivity contribution in [2.24, 2.45) is 5.84 Å². The smallest absolute Gasteiger partial charge is 0.153 e. The van der Waals surface area contributed by atoms with E-state index < -0.39 is 0 Å². The number of hydrazine groups is 1. The van der Waals surface area contributed by atoms with E-state index in [1.54, 1.807) is 0 Å². The number of benzene rings is 2. The molecule has 0 amide bonds. The van der Waals surface area contributed by atoms with Crippen LogP contribution in [-0.4, -0.2) is 0 Å². The molecule has 1 aliphatic rings. The summed E-state index contributed by atoms with van der Waals surface area (Å²) in [6, 6.07) is 14.4. The van der Waals surface area contributed by atoms with Crippen molar-refractivity contribution in [1.29, 1.82) is 0 Å². The topological polar surface area (TPSA) is 47.3 Å². The highest BCUT2D eigenvalue weighted by atomic mass is 16.7. The molecule has 3 rings (SSSR count). The van der Waals surface area contributed by atoms with Crippen LogP contribution < -0.4 is 16.3 Å². The van der Waals surface area contributed by atoms with Crippen LogP contribution in [0, 0.1) is 6.92 Å². The predicted octanol–water partition coefficient (Wildman–Crippen LogP) is 3.41. The molecule has 0 atom stereocenters. The van der Waals surface area contributed by atoms with Crippen LogP contribution in [0.3, 0.4) is 0 Å². The quantitative estimate of drug-likeness (QED) is 0.668. The van der Waals surface area contributed by atoms with Crippen LogP contribution in [0.4, 0.5) is 0 Å². The fourth-order valence-corrected chi connectivity index (χ4v) is 2.66. The summed E-state index contributed by atoms with van der Waals surface area (Å²) >= 11 is 0. The maximum absolute atomic E-state index is 5.32. The van der Waals surface area contributed by atoms with Gasteiger partial charge in [-0.2, -0.15) is 0 Å². The number of rotatable bonds is 3. The summed E-state index contributed by atoms with van der Waals surface area (Å²) in [6.45, 7) is 2.11. The molecule has 2 aromatic rings. The molecule has 0 spiro atoms. The van der Waals surface area contributed by atoms with Crippen LogP contribution in [0.1, 0.15) is 22.3 Å². The molecule has 0 saturated heterocycles. The number of hydrogen-bond acceptors (Lipinski definition) is 3. The highest BCUT2D eigenvalue weighted by Crippen LogP contribution is 2.31. The first-order chi connectivity index (χ1) is 10.3. The number of nitrogens with two attached hydrogens (primary N) is 1. The lowest BCUT2D eigenvalue weighted by molar-refractivity contribution is 0.197. The Morgan fingerprint density at radius 2 is 1.86 bits per heavy atom. The van der Waals surface area contributed by atoms with E-state index in [1.165, 1.54) is 22.3 Å². The molecule has 0 radical (unpaired) electrons. The van der Waals surface area contributed by atoms with Crippen molar-refractivity contribution in [2.75, 3.05) is 0 Å². The van der Waals surface area contributed by atoms with Gasteiger partial charge in [0.1, 0.15) is 0 Å². The average Bonchev–Trinajstić information content (AvgIpc) is 2.75. The summed E-state index contributed by atoms with van der Waals surface area (Å²) in [5.74, 6) is 6.06. The minimum absolute atomic E-state index is 0.772. The van der Waals surface area contributed by atoms with E-state index in [2.05, 4.69) is 55.0 Å². The van der Waals surface area contributed by atoms with Gasteiger partial charge in [0.2, 0.25) is 0 Å². The van der Waals surface area contributed by atoms with Crippen molar-refractivity contribution in [2.45, 2.75) is 13.3 Å². The Morgan fingerprint density at radius 1 is 1.05 bits per heavy atom. The Hall–Kier alpha value is -2.36. The van der Waals surface area contributed by atoms with Gasteiger partial charge in [-0.3, -0.25) is 0 Å². The predicted molar refractivity (Wildman–Crippen MR) is 86.3 cm³/mol. The normalized spacial score (nSPS) is 13.3. The van der Waals surface area contributed by atoms with E-state index in [1.807, 2.05) is 18.2 Å². The first-order valence-electron chi connectivity index (χ1n) is 6.98. The molecule has 3 heteroatoms. The van der Waals surface area contributed by atoms with Gasteiger partial charge in [-0.1, -0.05) is 60.2 Å².